The lowest BCUT2D eigenvalue weighted by atomic mass is 9.74. The highest BCUT2D eigenvalue weighted by Crippen LogP contribution is 2.47. The number of rotatable bonds is 4. The Morgan fingerprint density at radius 1 is 1.21 bits per heavy atom. The standard InChI is InChI=1S/C22H21NO4S/c1-2-26-22(25)20-18(14-8-9-28-12-14)19-16(24)10-15(11-17(19)27-21(20)23)13-6-4-3-5-7-13/h3-9,12,15,18H,2,10-11,23H2,1H3/t15-,18+/m0/s1. The zero-order valence-electron chi connectivity index (χ0n) is 15.5. The number of Topliss-reactive ketones (excluding diaryl/α,β-unsaturated/α-hetero) is 1. The molecule has 2 N–H and O–H groups in total. The molecule has 0 unspecified atom stereocenters. The van der Waals surface area contributed by atoms with Crippen molar-refractivity contribution in [2.45, 2.75) is 31.6 Å². The van der Waals surface area contributed by atoms with Crippen molar-refractivity contribution in [3.8, 4) is 0 Å². The third kappa shape index (κ3) is 3.24. The molecular weight excluding hydrogens is 374 g/mol. The van der Waals surface area contributed by atoms with Crippen LogP contribution in [-0.4, -0.2) is 18.4 Å². The average molecular weight is 395 g/mol. The van der Waals surface area contributed by atoms with Crippen LogP contribution in [0.2, 0.25) is 0 Å². The first-order valence-corrected chi connectivity index (χ1v) is 10.2. The van der Waals surface area contributed by atoms with E-state index in [9.17, 15) is 9.59 Å². The van der Waals surface area contributed by atoms with Gasteiger partial charge in [0.05, 0.1) is 12.5 Å². The van der Waals surface area contributed by atoms with Gasteiger partial charge < -0.3 is 15.2 Å². The van der Waals surface area contributed by atoms with Gasteiger partial charge in [-0.05, 0) is 40.8 Å². The van der Waals surface area contributed by atoms with E-state index in [4.69, 9.17) is 15.2 Å². The van der Waals surface area contributed by atoms with E-state index in [2.05, 4.69) is 0 Å². The number of ether oxygens (including phenoxy) is 2. The second-order valence-corrected chi connectivity index (χ2v) is 7.65. The van der Waals surface area contributed by atoms with E-state index in [1.165, 1.54) is 11.3 Å². The topological polar surface area (TPSA) is 78.6 Å². The van der Waals surface area contributed by atoms with E-state index in [0.29, 0.717) is 24.2 Å². The van der Waals surface area contributed by atoms with Crippen LogP contribution in [-0.2, 0) is 19.1 Å². The Kier molecular flexibility index (Phi) is 5.05. The number of ketones is 1. The van der Waals surface area contributed by atoms with Gasteiger partial charge in [-0.3, -0.25) is 4.79 Å². The Labute approximate surface area is 167 Å². The van der Waals surface area contributed by atoms with Crippen molar-refractivity contribution < 1.29 is 19.1 Å². The van der Waals surface area contributed by atoms with Crippen LogP contribution >= 0.6 is 11.3 Å². The molecule has 0 fully saturated rings. The van der Waals surface area contributed by atoms with E-state index in [0.717, 1.165) is 11.1 Å². The lowest BCUT2D eigenvalue weighted by molar-refractivity contribution is -0.139. The summed E-state index contributed by atoms with van der Waals surface area (Å²) < 4.78 is 11.0. The summed E-state index contributed by atoms with van der Waals surface area (Å²) in [6, 6.07) is 11.8. The van der Waals surface area contributed by atoms with Crippen LogP contribution in [0.25, 0.3) is 0 Å². The summed E-state index contributed by atoms with van der Waals surface area (Å²) in [5.41, 5.74) is 8.86. The van der Waals surface area contributed by atoms with Crippen molar-refractivity contribution >= 4 is 23.1 Å². The van der Waals surface area contributed by atoms with E-state index in [1.54, 1.807) is 6.92 Å². The maximum Gasteiger partial charge on any atom is 0.340 e. The number of nitrogens with two attached hydrogens (primary N) is 1. The van der Waals surface area contributed by atoms with Crippen LogP contribution < -0.4 is 5.73 Å². The summed E-state index contributed by atoms with van der Waals surface area (Å²) >= 11 is 1.51. The predicted octanol–water partition coefficient (Wildman–Crippen LogP) is 4.00. The molecule has 0 saturated carbocycles. The number of carbonyl (C=O) groups is 2. The van der Waals surface area contributed by atoms with Crippen molar-refractivity contribution in [2.75, 3.05) is 6.61 Å². The molecule has 2 aliphatic rings. The number of thiophene rings is 1. The molecule has 1 aliphatic heterocycles. The molecule has 0 amide bonds. The second-order valence-electron chi connectivity index (χ2n) is 6.87. The third-order valence-corrected chi connectivity index (χ3v) is 5.88. The van der Waals surface area contributed by atoms with Gasteiger partial charge in [-0.2, -0.15) is 11.3 Å². The Morgan fingerprint density at radius 3 is 2.68 bits per heavy atom. The summed E-state index contributed by atoms with van der Waals surface area (Å²) in [5, 5.41) is 3.85. The quantitative estimate of drug-likeness (QED) is 0.792. The van der Waals surface area contributed by atoms with Crippen LogP contribution in [0.4, 0.5) is 0 Å². The Balaban J connectivity index is 1.77. The first-order valence-electron chi connectivity index (χ1n) is 9.28. The van der Waals surface area contributed by atoms with Gasteiger partial charge >= 0.3 is 5.97 Å². The van der Waals surface area contributed by atoms with Gasteiger partial charge in [-0.1, -0.05) is 30.3 Å². The fourth-order valence-electron chi connectivity index (χ4n) is 3.95. The molecule has 0 bridgehead atoms. The van der Waals surface area contributed by atoms with Crippen LogP contribution in [0.15, 0.2) is 69.9 Å². The first-order chi connectivity index (χ1) is 13.6. The lowest BCUT2D eigenvalue weighted by Crippen LogP contribution is -2.33. The summed E-state index contributed by atoms with van der Waals surface area (Å²) in [6.45, 7) is 1.96. The van der Waals surface area contributed by atoms with Crippen molar-refractivity contribution in [3.05, 3.63) is 81.1 Å². The largest absolute Gasteiger partial charge is 0.462 e. The van der Waals surface area contributed by atoms with E-state index in [1.807, 2.05) is 47.2 Å². The third-order valence-electron chi connectivity index (χ3n) is 5.18. The molecule has 6 heteroatoms. The molecule has 1 aromatic heterocycles. The molecule has 0 spiro atoms. The minimum absolute atomic E-state index is 0.0133. The van der Waals surface area contributed by atoms with Gasteiger partial charge in [0.2, 0.25) is 5.88 Å². The second kappa shape index (κ2) is 7.64. The Morgan fingerprint density at radius 2 is 2.00 bits per heavy atom. The van der Waals surface area contributed by atoms with Crippen LogP contribution in [0.5, 0.6) is 0 Å². The number of hydrogen-bond donors (Lipinski definition) is 1. The molecular formula is C22H21NO4S. The van der Waals surface area contributed by atoms with Gasteiger partial charge in [0.15, 0.2) is 5.78 Å². The van der Waals surface area contributed by atoms with Crippen molar-refractivity contribution in [3.63, 3.8) is 0 Å². The highest BCUT2D eigenvalue weighted by molar-refractivity contribution is 7.08. The van der Waals surface area contributed by atoms with Crippen molar-refractivity contribution in [2.24, 2.45) is 5.73 Å². The fourth-order valence-corrected chi connectivity index (χ4v) is 4.63. The highest BCUT2D eigenvalue weighted by atomic mass is 32.1. The van der Waals surface area contributed by atoms with E-state index in [-0.39, 0.29) is 29.8 Å². The fraction of sp³-hybridized carbons (Fsp3) is 0.273. The number of hydrogen-bond acceptors (Lipinski definition) is 6. The normalized spacial score (nSPS) is 22.0. The highest BCUT2D eigenvalue weighted by Gasteiger charge is 2.43. The first kappa shape index (κ1) is 18.5. The zero-order valence-corrected chi connectivity index (χ0v) is 16.3. The summed E-state index contributed by atoms with van der Waals surface area (Å²) in [6.07, 6.45) is 0.950. The molecule has 0 radical (unpaired) electrons. The Bertz CT molecular complexity index is 960. The predicted molar refractivity (Wildman–Crippen MR) is 106 cm³/mol. The lowest BCUT2D eigenvalue weighted by Gasteiger charge is -2.34. The van der Waals surface area contributed by atoms with E-state index < -0.39 is 11.9 Å². The summed E-state index contributed by atoms with van der Waals surface area (Å²) in [4.78, 5) is 25.8. The van der Waals surface area contributed by atoms with Crippen LogP contribution in [0.3, 0.4) is 0 Å². The number of benzene rings is 1. The minimum atomic E-state index is -0.543. The molecule has 144 valence electrons. The van der Waals surface area contributed by atoms with Crippen LogP contribution in [0, 0.1) is 0 Å². The Hall–Kier alpha value is -2.86. The maximum atomic E-state index is 13.2. The molecule has 4 rings (SSSR count). The molecule has 1 aromatic carbocycles. The molecule has 28 heavy (non-hydrogen) atoms. The average Bonchev–Trinajstić information content (AvgIpc) is 3.22. The van der Waals surface area contributed by atoms with Gasteiger partial charge in [0.1, 0.15) is 11.3 Å². The van der Waals surface area contributed by atoms with Crippen molar-refractivity contribution in [1.29, 1.82) is 0 Å². The molecule has 2 heterocycles. The number of allylic oxidation sites excluding steroid dienone is 2. The van der Waals surface area contributed by atoms with E-state index >= 15 is 0 Å². The molecule has 5 nitrogen and oxygen atoms in total. The maximum absolute atomic E-state index is 13.2. The molecule has 0 saturated heterocycles. The van der Waals surface area contributed by atoms with Crippen molar-refractivity contribution in [1.82, 2.24) is 0 Å². The van der Waals surface area contributed by atoms with Gasteiger partial charge in [0, 0.05) is 18.4 Å². The monoisotopic (exact) mass is 395 g/mol. The SMILES string of the molecule is CCOC(=O)C1=C(N)OC2=C(C(=O)C[C@H](c3ccccc3)C2)[C@H]1c1ccsc1. The summed E-state index contributed by atoms with van der Waals surface area (Å²) in [5.74, 6) is -0.478. The van der Waals surface area contributed by atoms with Gasteiger partial charge in [-0.25, -0.2) is 4.79 Å². The molecule has 2 aromatic rings. The molecule has 1 aliphatic carbocycles. The van der Waals surface area contributed by atoms with Gasteiger partial charge in [0.25, 0.3) is 0 Å². The summed E-state index contributed by atoms with van der Waals surface area (Å²) in [7, 11) is 0. The number of carbonyl (C=O) groups excluding carboxylic acids is 2. The smallest absolute Gasteiger partial charge is 0.340 e. The van der Waals surface area contributed by atoms with Crippen LogP contribution in [0.1, 0.15) is 42.7 Å². The zero-order chi connectivity index (χ0) is 19.7. The molecule has 2 atom stereocenters. The minimum Gasteiger partial charge on any atom is -0.462 e. The van der Waals surface area contributed by atoms with Gasteiger partial charge in [-0.15, -0.1) is 0 Å². The number of esters is 1.